The van der Waals surface area contributed by atoms with Gasteiger partial charge in [-0.25, -0.2) is 9.97 Å². The van der Waals surface area contributed by atoms with Crippen LogP contribution in [0.4, 0.5) is 0 Å². The third-order valence-electron chi connectivity index (χ3n) is 5.36. The van der Waals surface area contributed by atoms with Crippen molar-refractivity contribution in [3.8, 4) is 0 Å². The van der Waals surface area contributed by atoms with E-state index in [1.165, 1.54) is 6.33 Å². The van der Waals surface area contributed by atoms with E-state index in [-0.39, 0.29) is 11.5 Å². The third kappa shape index (κ3) is 2.28. The highest BCUT2D eigenvalue weighted by molar-refractivity contribution is 6.33. The molecule has 0 bridgehead atoms. The fraction of sp³-hybridized carbons (Fsp3) is 0.556. The number of aromatic nitrogens is 3. The minimum Gasteiger partial charge on any atom is -0.384 e. The maximum atomic E-state index is 6.49. The highest BCUT2D eigenvalue weighted by Gasteiger charge is 2.66. The summed E-state index contributed by atoms with van der Waals surface area (Å²) in [6.45, 7) is 8.45. The van der Waals surface area contributed by atoms with Crippen LogP contribution >= 0.6 is 11.6 Å². The molecule has 4 rings (SSSR count). The number of nitrogens with zero attached hydrogens (tertiary/aromatic N) is 3. The summed E-state index contributed by atoms with van der Waals surface area (Å²) in [5.41, 5.74) is -0.269. The summed E-state index contributed by atoms with van der Waals surface area (Å²) < 4.78 is 20.4. The van der Waals surface area contributed by atoms with E-state index in [1.54, 1.807) is 7.11 Å². The molecule has 1 saturated carbocycles. The molecule has 2 aromatic rings. The second kappa shape index (κ2) is 5.51. The van der Waals surface area contributed by atoms with E-state index >= 15 is 0 Å². The van der Waals surface area contributed by atoms with E-state index in [4.69, 9.17) is 25.8 Å². The molecule has 25 heavy (non-hydrogen) atoms. The fourth-order valence-corrected chi connectivity index (χ4v) is 4.57. The highest BCUT2D eigenvalue weighted by Crippen LogP contribution is 2.58. The van der Waals surface area contributed by atoms with Crippen LogP contribution in [-0.2, 0) is 19.9 Å². The molecule has 0 spiro atoms. The van der Waals surface area contributed by atoms with E-state index in [0.29, 0.717) is 11.8 Å². The maximum Gasteiger partial charge on any atom is 0.176 e. The van der Waals surface area contributed by atoms with Gasteiger partial charge in [0.1, 0.15) is 23.2 Å². The molecule has 1 aliphatic heterocycles. The van der Waals surface area contributed by atoms with Crippen molar-refractivity contribution in [3.05, 3.63) is 36.4 Å². The van der Waals surface area contributed by atoms with Crippen molar-refractivity contribution in [2.24, 2.45) is 5.41 Å². The summed E-state index contributed by atoms with van der Waals surface area (Å²) in [7, 11) is 1.70. The Morgan fingerprint density at radius 3 is 2.96 bits per heavy atom. The van der Waals surface area contributed by atoms with Crippen molar-refractivity contribution in [3.63, 3.8) is 0 Å². The fourth-order valence-electron chi connectivity index (χ4n) is 4.38. The quantitative estimate of drug-likeness (QED) is 0.614. The van der Waals surface area contributed by atoms with Gasteiger partial charge in [0.15, 0.2) is 11.5 Å². The van der Waals surface area contributed by atoms with Crippen molar-refractivity contribution >= 4 is 22.6 Å². The van der Waals surface area contributed by atoms with E-state index < -0.39 is 11.5 Å². The number of hydrogen-bond donors (Lipinski definition) is 0. The number of ether oxygens (including phenoxy) is 3. The van der Waals surface area contributed by atoms with Crippen LogP contribution in [0, 0.1) is 5.41 Å². The first kappa shape index (κ1) is 17.0. The number of methoxy groups -OCH3 is 1. The maximum absolute atomic E-state index is 6.49. The van der Waals surface area contributed by atoms with Crippen molar-refractivity contribution in [1.29, 1.82) is 0 Å². The topological polar surface area (TPSA) is 58.4 Å². The highest BCUT2D eigenvalue weighted by atomic mass is 35.5. The first-order valence-electron chi connectivity index (χ1n) is 8.36. The number of halogens is 1. The molecule has 0 N–H and O–H groups in total. The monoisotopic (exact) mass is 363 g/mol. The Bertz CT molecular complexity index is 836. The predicted molar refractivity (Wildman–Crippen MR) is 94.3 cm³/mol. The molecule has 6 nitrogen and oxygen atoms in total. The van der Waals surface area contributed by atoms with Crippen LogP contribution in [0.2, 0.25) is 5.15 Å². The second-order valence-corrected chi connectivity index (χ2v) is 7.66. The Kier molecular flexibility index (Phi) is 3.74. The lowest BCUT2D eigenvalue weighted by atomic mass is 9.84. The first-order valence-corrected chi connectivity index (χ1v) is 8.74. The minimum absolute atomic E-state index is 0.239. The SMILES string of the molecule is C=C[C@@]1(COC)CC[C@@]2(n3ccc4c(Cl)ncnc43)OC(C)(C)O[C@H]12. The molecule has 3 atom stereocenters. The molecule has 7 heteroatoms. The molecule has 1 saturated heterocycles. The lowest BCUT2D eigenvalue weighted by Crippen LogP contribution is -2.45. The largest absolute Gasteiger partial charge is 0.384 e. The third-order valence-corrected chi connectivity index (χ3v) is 5.67. The van der Waals surface area contributed by atoms with E-state index in [2.05, 4.69) is 16.5 Å². The van der Waals surface area contributed by atoms with E-state index in [9.17, 15) is 0 Å². The Hall–Kier alpha value is -1.47. The zero-order valence-electron chi connectivity index (χ0n) is 14.7. The minimum atomic E-state index is -0.722. The molecule has 2 aromatic heterocycles. The summed E-state index contributed by atoms with van der Waals surface area (Å²) in [6.07, 6.45) is 6.75. The van der Waals surface area contributed by atoms with Gasteiger partial charge >= 0.3 is 0 Å². The molecule has 0 radical (unpaired) electrons. The summed E-state index contributed by atoms with van der Waals surface area (Å²) >= 11 is 6.23. The molecule has 3 heterocycles. The van der Waals surface area contributed by atoms with E-state index in [0.717, 1.165) is 23.9 Å². The van der Waals surface area contributed by atoms with Crippen LogP contribution in [0.15, 0.2) is 31.2 Å². The smallest absolute Gasteiger partial charge is 0.176 e. The number of fused-ring (bicyclic) bond motifs is 2. The van der Waals surface area contributed by atoms with Crippen LogP contribution in [0.5, 0.6) is 0 Å². The molecule has 134 valence electrons. The Balaban J connectivity index is 1.91. The first-order chi connectivity index (χ1) is 11.9. The van der Waals surface area contributed by atoms with Crippen LogP contribution in [0.25, 0.3) is 11.0 Å². The van der Waals surface area contributed by atoms with Crippen LogP contribution < -0.4 is 0 Å². The van der Waals surface area contributed by atoms with Gasteiger partial charge in [-0.2, -0.15) is 0 Å². The Morgan fingerprint density at radius 2 is 2.24 bits per heavy atom. The van der Waals surface area contributed by atoms with Crippen molar-refractivity contribution < 1.29 is 14.2 Å². The predicted octanol–water partition coefficient (Wildman–Crippen LogP) is 3.50. The average Bonchev–Trinajstić information content (AvgIpc) is 3.19. The van der Waals surface area contributed by atoms with Gasteiger partial charge in [0.2, 0.25) is 0 Å². The van der Waals surface area contributed by atoms with Gasteiger partial charge in [-0.05, 0) is 32.8 Å². The normalized spacial score (nSPS) is 33.7. The Labute approximate surface area is 151 Å². The summed E-state index contributed by atoms with van der Waals surface area (Å²) in [5, 5.41) is 1.23. The average molecular weight is 364 g/mol. The number of rotatable bonds is 4. The van der Waals surface area contributed by atoms with Crippen LogP contribution in [0.1, 0.15) is 26.7 Å². The van der Waals surface area contributed by atoms with Gasteiger partial charge in [-0.3, -0.25) is 0 Å². The van der Waals surface area contributed by atoms with Crippen molar-refractivity contribution in [2.45, 2.75) is 44.3 Å². The zero-order chi connectivity index (χ0) is 17.9. The molecular formula is C18H22ClN3O3. The van der Waals surface area contributed by atoms with Crippen molar-refractivity contribution in [2.75, 3.05) is 13.7 Å². The standard InChI is InChI=1S/C18H22ClN3O3/c1-5-17(10-23-4)7-8-18(15(17)24-16(2,3)25-18)22-9-6-12-13(19)20-11-21-14(12)22/h5-6,9,11,15H,1,7-8,10H2,2-4H3/t15-,17+,18-/m1/s1. The molecule has 2 aliphatic rings. The summed E-state index contributed by atoms with van der Waals surface area (Å²) in [5.74, 6) is -0.722. The second-order valence-electron chi connectivity index (χ2n) is 7.30. The van der Waals surface area contributed by atoms with Crippen LogP contribution in [-0.4, -0.2) is 40.1 Å². The van der Waals surface area contributed by atoms with Crippen molar-refractivity contribution in [1.82, 2.24) is 14.5 Å². The van der Waals surface area contributed by atoms with Gasteiger partial charge in [-0.1, -0.05) is 17.7 Å². The van der Waals surface area contributed by atoms with Gasteiger partial charge in [-0.15, -0.1) is 6.58 Å². The van der Waals surface area contributed by atoms with Gasteiger partial charge in [0.25, 0.3) is 0 Å². The lowest BCUT2D eigenvalue weighted by Gasteiger charge is -2.35. The summed E-state index contributed by atoms with van der Waals surface area (Å²) in [6, 6.07) is 1.92. The lowest BCUT2D eigenvalue weighted by molar-refractivity contribution is -0.189. The molecule has 0 aromatic carbocycles. The van der Waals surface area contributed by atoms with Crippen LogP contribution in [0.3, 0.4) is 0 Å². The number of hydrogen-bond acceptors (Lipinski definition) is 5. The van der Waals surface area contributed by atoms with E-state index in [1.807, 2.05) is 36.8 Å². The molecule has 1 aliphatic carbocycles. The van der Waals surface area contributed by atoms with Gasteiger partial charge < -0.3 is 18.8 Å². The Morgan fingerprint density at radius 1 is 1.44 bits per heavy atom. The molecule has 2 fully saturated rings. The summed E-state index contributed by atoms with van der Waals surface area (Å²) in [4.78, 5) is 8.51. The van der Waals surface area contributed by atoms with Gasteiger partial charge in [0, 0.05) is 18.7 Å². The van der Waals surface area contributed by atoms with Gasteiger partial charge in [0.05, 0.1) is 12.0 Å². The zero-order valence-corrected chi connectivity index (χ0v) is 15.4. The molecular weight excluding hydrogens is 342 g/mol. The molecule has 0 amide bonds. The molecule has 0 unspecified atom stereocenters.